The molecule has 28 heavy (non-hydrogen) atoms. The second-order valence-electron chi connectivity index (χ2n) is 8.22. The summed E-state index contributed by atoms with van der Waals surface area (Å²) in [6.07, 6.45) is 5.14. The van der Waals surface area contributed by atoms with Gasteiger partial charge in [-0.25, -0.2) is 0 Å². The van der Waals surface area contributed by atoms with Crippen LogP contribution in [-0.2, 0) is 12.8 Å². The summed E-state index contributed by atoms with van der Waals surface area (Å²) >= 11 is 0. The number of piperidine rings is 1. The van der Waals surface area contributed by atoms with Crippen molar-refractivity contribution in [3.8, 4) is 0 Å². The van der Waals surface area contributed by atoms with Crippen LogP contribution in [0.1, 0.15) is 52.4 Å². The van der Waals surface area contributed by atoms with E-state index in [1.165, 1.54) is 17.5 Å². The predicted octanol–water partition coefficient (Wildman–Crippen LogP) is 3.35. The van der Waals surface area contributed by atoms with E-state index in [9.17, 15) is 9.90 Å². The number of benzene rings is 2. The summed E-state index contributed by atoms with van der Waals surface area (Å²) in [6.45, 7) is 3.37. The lowest BCUT2D eigenvalue weighted by Crippen LogP contribution is -2.40. The zero-order valence-corrected chi connectivity index (χ0v) is 16.4. The van der Waals surface area contributed by atoms with Crippen molar-refractivity contribution in [2.45, 2.75) is 38.2 Å². The molecule has 0 radical (unpaired) electrons. The van der Waals surface area contributed by atoms with Crippen molar-refractivity contribution in [1.82, 2.24) is 10.2 Å². The number of aliphatic hydroxyl groups excluding tert-OH is 1. The highest BCUT2D eigenvalue weighted by molar-refractivity contribution is 5.94. The number of fused-ring (bicyclic) bond motifs is 1. The van der Waals surface area contributed by atoms with E-state index in [-0.39, 0.29) is 5.91 Å². The van der Waals surface area contributed by atoms with E-state index >= 15 is 0 Å². The van der Waals surface area contributed by atoms with Crippen molar-refractivity contribution < 1.29 is 9.90 Å². The molecule has 2 N–H and O–H groups in total. The van der Waals surface area contributed by atoms with E-state index in [1.54, 1.807) is 0 Å². The Kier molecular flexibility index (Phi) is 6.08. The molecule has 1 saturated heterocycles. The number of nitrogens with one attached hydrogen (secondary N) is 1. The second kappa shape index (κ2) is 8.89. The van der Waals surface area contributed by atoms with E-state index in [1.807, 2.05) is 36.4 Å². The lowest BCUT2D eigenvalue weighted by Gasteiger charge is -2.33. The number of hydrogen-bond acceptors (Lipinski definition) is 3. The largest absolute Gasteiger partial charge is 0.387 e. The van der Waals surface area contributed by atoms with Crippen molar-refractivity contribution in [2.75, 3.05) is 26.2 Å². The van der Waals surface area contributed by atoms with Crippen molar-refractivity contribution in [3.05, 3.63) is 70.8 Å². The van der Waals surface area contributed by atoms with Crippen LogP contribution < -0.4 is 5.32 Å². The number of carbonyl (C=O) groups excluding carboxylic acids is 1. The number of carbonyl (C=O) groups is 1. The first-order chi connectivity index (χ1) is 13.7. The number of aryl methyl sites for hydroxylation is 2. The van der Waals surface area contributed by atoms with Crippen molar-refractivity contribution in [3.63, 3.8) is 0 Å². The SMILES string of the molecule is O=C(NCC1CCN(CC(O)c2ccccc2)CC1)c1ccc2c(c1)CCC2. The highest BCUT2D eigenvalue weighted by atomic mass is 16.3. The lowest BCUT2D eigenvalue weighted by molar-refractivity contribution is 0.0852. The Morgan fingerprint density at radius 1 is 1.07 bits per heavy atom. The van der Waals surface area contributed by atoms with Crippen LogP contribution in [0.2, 0.25) is 0 Å². The van der Waals surface area contributed by atoms with Crippen molar-refractivity contribution in [1.29, 1.82) is 0 Å². The van der Waals surface area contributed by atoms with Gasteiger partial charge in [0.15, 0.2) is 0 Å². The molecular weight excluding hydrogens is 348 g/mol. The van der Waals surface area contributed by atoms with Gasteiger partial charge in [0.05, 0.1) is 6.10 Å². The van der Waals surface area contributed by atoms with Crippen molar-refractivity contribution in [2.24, 2.45) is 5.92 Å². The molecule has 1 unspecified atom stereocenters. The number of aliphatic hydroxyl groups is 1. The molecule has 1 aliphatic heterocycles. The minimum Gasteiger partial charge on any atom is -0.387 e. The number of nitrogens with zero attached hydrogens (tertiary/aromatic N) is 1. The quantitative estimate of drug-likeness (QED) is 0.811. The predicted molar refractivity (Wildman–Crippen MR) is 111 cm³/mol. The summed E-state index contributed by atoms with van der Waals surface area (Å²) in [5.74, 6) is 0.570. The fourth-order valence-corrected chi connectivity index (χ4v) is 4.45. The van der Waals surface area contributed by atoms with Gasteiger partial charge in [-0.3, -0.25) is 4.79 Å². The Labute approximate surface area is 167 Å². The molecule has 148 valence electrons. The Balaban J connectivity index is 1.21. The summed E-state index contributed by atoms with van der Waals surface area (Å²) < 4.78 is 0. The molecule has 0 bridgehead atoms. The first-order valence-electron chi connectivity index (χ1n) is 10.5. The molecule has 2 aromatic carbocycles. The highest BCUT2D eigenvalue weighted by Crippen LogP contribution is 2.23. The normalized spacial score (nSPS) is 18.6. The maximum atomic E-state index is 12.5. The van der Waals surface area contributed by atoms with Crippen LogP contribution in [0, 0.1) is 5.92 Å². The van der Waals surface area contributed by atoms with Crippen LogP contribution in [0.4, 0.5) is 0 Å². The molecule has 4 heteroatoms. The molecule has 2 aliphatic rings. The van der Waals surface area contributed by atoms with Crippen LogP contribution in [0.5, 0.6) is 0 Å². The molecule has 0 aromatic heterocycles. The topological polar surface area (TPSA) is 52.6 Å². The van der Waals surface area contributed by atoms with Crippen LogP contribution in [0.25, 0.3) is 0 Å². The van der Waals surface area contributed by atoms with E-state index < -0.39 is 6.10 Å². The smallest absolute Gasteiger partial charge is 0.251 e. The van der Waals surface area contributed by atoms with Gasteiger partial charge >= 0.3 is 0 Å². The van der Waals surface area contributed by atoms with Gasteiger partial charge in [0.2, 0.25) is 0 Å². The van der Waals surface area contributed by atoms with Crippen LogP contribution >= 0.6 is 0 Å². The average molecular weight is 379 g/mol. The van der Waals surface area contributed by atoms with Gasteiger partial charge in [0, 0.05) is 18.7 Å². The summed E-state index contributed by atoms with van der Waals surface area (Å²) in [4.78, 5) is 14.8. The molecule has 4 rings (SSSR count). The Hall–Kier alpha value is -2.17. The van der Waals surface area contributed by atoms with E-state index in [0.717, 1.165) is 56.4 Å². The van der Waals surface area contributed by atoms with E-state index in [0.29, 0.717) is 12.5 Å². The minimum atomic E-state index is -0.433. The molecule has 1 heterocycles. The summed E-state index contributed by atoms with van der Waals surface area (Å²) in [5, 5.41) is 13.5. The summed E-state index contributed by atoms with van der Waals surface area (Å²) in [6, 6.07) is 16.0. The lowest BCUT2D eigenvalue weighted by atomic mass is 9.96. The van der Waals surface area contributed by atoms with Crippen LogP contribution in [0.3, 0.4) is 0 Å². The Morgan fingerprint density at radius 3 is 2.61 bits per heavy atom. The second-order valence-corrected chi connectivity index (χ2v) is 8.22. The van der Waals surface area contributed by atoms with Gasteiger partial charge < -0.3 is 15.3 Å². The Morgan fingerprint density at radius 2 is 1.82 bits per heavy atom. The third-order valence-electron chi connectivity index (χ3n) is 6.23. The third-order valence-corrected chi connectivity index (χ3v) is 6.23. The molecular formula is C24H30N2O2. The number of rotatable bonds is 6. The number of amides is 1. The fourth-order valence-electron chi connectivity index (χ4n) is 4.45. The average Bonchev–Trinajstić information content (AvgIpc) is 3.21. The monoisotopic (exact) mass is 378 g/mol. The molecule has 1 aliphatic carbocycles. The fraction of sp³-hybridized carbons (Fsp3) is 0.458. The zero-order chi connectivity index (χ0) is 19.3. The maximum absolute atomic E-state index is 12.5. The standard InChI is InChI=1S/C24H30N2O2/c27-23(20-5-2-1-3-6-20)17-26-13-11-18(12-14-26)16-25-24(28)22-10-9-19-7-4-8-21(19)15-22/h1-3,5-6,9-10,15,18,23,27H,4,7-8,11-14,16-17H2,(H,25,28). The molecule has 1 amide bonds. The first kappa shape index (κ1) is 19.2. The van der Waals surface area contributed by atoms with Crippen LogP contribution in [0.15, 0.2) is 48.5 Å². The number of likely N-dealkylation sites (tertiary alicyclic amines) is 1. The number of β-amino-alcohol motifs (C(OH)–C–C–N with tert-alkyl or cyclic N) is 1. The molecule has 1 atom stereocenters. The first-order valence-corrected chi connectivity index (χ1v) is 10.5. The Bertz CT molecular complexity index is 798. The summed E-state index contributed by atoms with van der Waals surface area (Å²) in [5.41, 5.74) is 4.52. The van der Waals surface area contributed by atoms with Gasteiger partial charge in [0.1, 0.15) is 0 Å². The zero-order valence-electron chi connectivity index (χ0n) is 16.4. The number of hydrogen-bond donors (Lipinski definition) is 2. The molecule has 0 spiro atoms. The van der Waals surface area contributed by atoms with Gasteiger partial charge in [0.25, 0.3) is 5.91 Å². The molecule has 1 fully saturated rings. The molecule has 4 nitrogen and oxygen atoms in total. The summed E-state index contributed by atoms with van der Waals surface area (Å²) in [7, 11) is 0. The highest BCUT2D eigenvalue weighted by Gasteiger charge is 2.22. The van der Waals surface area contributed by atoms with Gasteiger partial charge in [-0.15, -0.1) is 0 Å². The van der Waals surface area contributed by atoms with Crippen molar-refractivity contribution >= 4 is 5.91 Å². The van der Waals surface area contributed by atoms with E-state index in [2.05, 4.69) is 22.3 Å². The molecule has 2 aromatic rings. The third kappa shape index (κ3) is 4.62. The van der Waals surface area contributed by atoms with E-state index in [4.69, 9.17) is 0 Å². The minimum absolute atomic E-state index is 0.0524. The van der Waals surface area contributed by atoms with Gasteiger partial charge in [-0.2, -0.15) is 0 Å². The van der Waals surface area contributed by atoms with Gasteiger partial charge in [-0.1, -0.05) is 36.4 Å². The maximum Gasteiger partial charge on any atom is 0.251 e. The van der Waals surface area contributed by atoms with Crippen LogP contribution in [-0.4, -0.2) is 42.1 Å². The molecule has 0 saturated carbocycles. The van der Waals surface area contributed by atoms with Gasteiger partial charge in [-0.05, 0) is 79.9 Å².